The Morgan fingerprint density at radius 2 is 1.87 bits per heavy atom. The number of carboxylic acid groups (broad SMARTS) is 1. The maximum atomic E-state index is 11.2. The lowest BCUT2D eigenvalue weighted by Crippen LogP contribution is -2.17. The van der Waals surface area contributed by atoms with Crippen LogP contribution in [0, 0.1) is 6.92 Å². The van der Waals surface area contributed by atoms with E-state index in [2.05, 4.69) is 22.0 Å². The van der Waals surface area contributed by atoms with Gasteiger partial charge in [0.1, 0.15) is 0 Å². The van der Waals surface area contributed by atoms with Gasteiger partial charge in [0.2, 0.25) is 0 Å². The molecule has 0 spiro atoms. The molecule has 4 heteroatoms. The number of nitrogens with zero attached hydrogens (tertiary/aromatic N) is 2. The van der Waals surface area contributed by atoms with Gasteiger partial charge in [0.05, 0.1) is 11.1 Å². The molecule has 23 heavy (non-hydrogen) atoms. The van der Waals surface area contributed by atoms with Gasteiger partial charge in [-0.15, -0.1) is 0 Å². The number of aryl methyl sites for hydroxylation is 1. The molecule has 0 saturated heterocycles. The highest BCUT2D eigenvalue weighted by molar-refractivity contribution is 5.97. The molecule has 0 saturated carbocycles. The number of aromatic nitrogens is 1. The number of hydrogen-bond donors (Lipinski definition) is 1. The second kappa shape index (κ2) is 6.08. The van der Waals surface area contributed by atoms with Gasteiger partial charge >= 0.3 is 5.97 Å². The van der Waals surface area contributed by atoms with E-state index in [-0.39, 0.29) is 5.56 Å². The van der Waals surface area contributed by atoms with Crippen LogP contribution in [0.5, 0.6) is 0 Å². The summed E-state index contributed by atoms with van der Waals surface area (Å²) in [5, 5.41) is 10.1. The van der Waals surface area contributed by atoms with Gasteiger partial charge in [-0.1, -0.05) is 30.3 Å². The minimum Gasteiger partial charge on any atom is -0.478 e. The summed E-state index contributed by atoms with van der Waals surface area (Å²) in [4.78, 5) is 17.8. The van der Waals surface area contributed by atoms with Crippen molar-refractivity contribution in [3.05, 3.63) is 71.4 Å². The van der Waals surface area contributed by atoms with Crippen LogP contribution < -0.4 is 4.90 Å². The van der Waals surface area contributed by atoms with Gasteiger partial charge in [-0.05, 0) is 36.8 Å². The molecule has 0 amide bonds. The van der Waals surface area contributed by atoms with Gasteiger partial charge in [-0.3, -0.25) is 4.98 Å². The smallest absolute Gasteiger partial charge is 0.335 e. The maximum Gasteiger partial charge on any atom is 0.335 e. The number of benzene rings is 2. The lowest BCUT2D eigenvalue weighted by Gasteiger charge is -2.22. The van der Waals surface area contributed by atoms with Gasteiger partial charge in [-0.25, -0.2) is 4.79 Å². The standard InChI is InChI=1S/C19H18N2O2/c1-13-10-18(21(2)12-14-6-4-3-5-7-14)16-9-8-15(19(22)23)11-17(16)20-13/h3-11H,12H2,1-2H3,(H,22,23). The number of anilines is 1. The second-order valence-corrected chi connectivity index (χ2v) is 5.66. The highest BCUT2D eigenvalue weighted by atomic mass is 16.4. The first kappa shape index (κ1) is 15.0. The molecule has 0 aliphatic rings. The van der Waals surface area contributed by atoms with Crippen LogP contribution >= 0.6 is 0 Å². The van der Waals surface area contributed by atoms with Crippen molar-refractivity contribution in [2.75, 3.05) is 11.9 Å². The molecule has 4 nitrogen and oxygen atoms in total. The summed E-state index contributed by atoms with van der Waals surface area (Å²) in [5.41, 5.74) is 4.11. The Bertz CT molecular complexity index is 860. The maximum absolute atomic E-state index is 11.2. The molecule has 0 unspecified atom stereocenters. The fourth-order valence-corrected chi connectivity index (χ4v) is 2.73. The lowest BCUT2D eigenvalue weighted by atomic mass is 10.1. The summed E-state index contributed by atoms with van der Waals surface area (Å²) in [6.07, 6.45) is 0. The molecule has 1 aromatic heterocycles. The van der Waals surface area contributed by atoms with Crippen molar-refractivity contribution >= 4 is 22.6 Å². The van der Waals surface area contributed by atoms with Gasteiger partial charge < -0.3 is 10.0 Å². The Labute approximate surface area is 135 Å². The predicted molar refractivity (Wildman–Crippen MR) is 92.0 cm³/mol. The topological polar surface area (TPSA) is 53.4 Å². The number of hydrogen-bond acceptors (Lipinski definition) is 3. The largest absolute Gasteiger partial charge is 0.478 e. The fraction of sp³-hybridized carbons (Fsp3) is 0.158. The third-order valence-corrected chi connectivity index (χ3v) is 3.84. The number of aromatic carboxylic acids is 1. The Hall–Kier alpha value is -2.88. The van der Waals surface area contributed by atoms with E-state index in [9.17, 15) is 4.79 Å². The van der Waals surface area contributed by atoms with Crippen LogP contribution in [0.1, 0.15) is 21.6 Å². The molecule has 1 N–H and O–H groups in total. The summed E-state index contributed by atoms with van der Waals surface area (Å²) >= 11 is 0. The van der Waals surface area contributed by atoms with Crippen molar-refractivity contribution in [1.29, 1.82) is 0 Å². The summed E-state index contributed by atoms with van der Waals surface area (Å²) in [5.74, 6) is -0.936. The molecule has 0 fully saturated rings. The zero-order valence-corrected chi connectivity index (χ0v) is 13.2. The normalized spacial score (nSPS) is 10.7. The number of carbonyl (C=O) groups is 1. The summed E-state index contributed by atoms with van der Waals surface area (Å²) < 4.78 is 0. The molecule has 0 aliphatic carbocycles. The quantitative estimate of drug-likeness (QED) is 0.795. The molecular weight excluding hydrogens is 288 g/mol. The molecule has 3 aromatic rings. The molecule has 1 heterocycles. The van der Waals surface area contributed by atoms with Crippen molar-refractivity contribution in [3.63, 3.8) is 0 Å². The van der Waals surface area contributed by atoms with Gasteiger partial charge in [-0.2, -0.15) is 0 Å². The lowest BCUT2D eigenvalue weighted by molar-refractivity contribution is 0.0697. The number of pyridine rings is 1. The Kier molecular flexibility index (Phi) is 3.98. The third kappa shape index (κ3) is 3.16. The van der Waals surface area contributed by atoms with Crippen molar-refractivity contribution in [1.82, 2.24) is 4.98 Å². The van der Waals surface area contributed by atoms with E-state index in [1.165, 1.54) is 5.56 Å². The molecule has 3 rings (SSSR count). The van der Waals surface area contributed by atoms with Crippen molar-refractivity contribution in [3.8, 4) is 0 Å². The molecule has 0 bridgehead atoms. The van der Waals surface area contributed by atoms with Gasteiger partial charge in [0, 0.05) is 30.4 Å². The highest BCUT2D eigenvalue weighted by Crippen LogP contribution is 2.28. The van der Waals surface area contributed by atoms with Crippen molar-refractivity contribution < 1.29 is 9.90 Å². The Morgan fingerprint density at radius 3 is 2.57 bits per heavy atom. The zero-order valence-electron chi connectivity index (χ0n) is 13.2. The first-order valence-electron chi connectivity index (χ1n) is 7.44. The average Bonchev–Trinajstić information content (AvgIpc) is 2.54. The van der Waals surface area contributed by atoms with Crippen LogP contribution in [0.25, 0.3) is 10.9 Å². The fourth-order valence-electron chi connectivity index (χ4n) is 2.73. The summed E-state index contributed by atoms with van der Waals surface area (Å²) in [7, 11) is 2.03. The van der Waals surface area contributed by atoms with E-state index < -0.39 is 5.97 Å². The zero-order chi connectivity index (χ0) is 16.4. The second-order valence-electron chi connectivity index (χ2n) is 5.66. The minimum absolute atomic E-state index is 0.257. The van der Waals surface area contributed by atoms with E-state index in [0.717, 1.165) is 23.3 Å². The number of carboxylic acids is 1. The molecule has 0 atom stereocenters. The van der Waals surface area contributed by atoms with E-state index in [1.54, 1.807) is 12.1 Å². The highest BCUT2D eigenvalue weighted by Gasteiger charge is 2.11. The van der Waals surface area contributed by atoms with Crippen LogP contribution in [0.15, 0.2) is 54.6 Å². The van der Waals surface area contributed by atoms with Crippen LogP contribution in [0.3, 0.4) is 0 Å². The molecule has 2 aromatic carbocycles. The number of fused-ring (bicyclic) bond motifs is 1. The van der Waals surface area contributed by atoms with E-state index in [1.807, 2.05) is 44.3 Å². The SMILES string of the molecule is Cc1cc(N(C)Cc2ccccc2)c2ccc(C(=O)O)cc2n1. The molecule has 0 aliphatic heterocycles. The molecular formula is C19H18N2O2. The van der Waals surface area contributed by atoms with Crippen LogP contribution in [-0.4, -0.2) is 23.1 Å². The molecule has 0 radical (unpaired) electrons. The first-order chi connectivity index (χ1) is 11.0. The monoisotopic (exact) mass is 306 g/mol. The van der Waals surface area contributed by atoms with Crippen LogP contribution in [0.2, 0.25) is 0 Å². The Balaban J connectivity index is 2.04. The average molecular weight is 306 g/mol. The van der Waals surface area contributed by atoms with Crippen LogP contribution in [0.4, 0.5) is 5.69 Å². The Morgan fingerprint density at radius 1 is 1.13 bits per heavy atom. The van der Waals surface area contributed by atoms with E-state index >= 15 is 0 Å². The first-order valence-corrected chi connectivity index (χ1v) is 7.44. The van der Waals surface area contributed by atoms with Crippen molar-refractivity contribution in [2.24, 2.45) is 0 Å². The molecule has 116 valence electrons. The number of rotatable bonds is 4. The summed E-state index contributed by atoms with van der Waals surface area (Å²) in [6.45, 7) is 2.70. The summed E-state index contributed by atoms with van der Waals surface area (Å²) in [6, 6.07) is 17.4. The third-order valence-electron chi connectivity index (χ3n) is 3.84. The predicted octanol–water partition coefficient (Wildman–Crippen LogP) is 3.88. The van der Waals surface area contributed by atoms with Gasteiger partial charge in [0.15, 0.2) is 0 Å². The van der Waals surface area contributed by atoms with Crippen LogP contribution in [-0.2, 0) is 6.54 Å². The van der Waals surface area contributed by atoms with Crippen molar-refractivity contribution in [2.45, 2.75) is 13.5 Å². The van der Waals surface area contributed by atoms with E-state index in [0.29, 0.717) is 5.52 Å². The van der Waals surface area contributed by atoms with E-state index in [4.69, 9.17) is 5.11 Å². The van der Waals surface area contributed by atoms with Gasteiger partial charge in [0.25, 0.3) is 0 Å². The minimum atomic E-state index is -0.936.